The number of rotatable bonds is 2. The van der Waals surface area contributed by atoms with E-state index in [4.69, 9.17) is 10.2 Å². The van der Waals surface area contributed by atoms with Crippen LogP contribution in [0.2, 0.25) is 0 Å². The number of aromatic nitrogens is 1. The van der Waals surface area contributed by atoms with E-state index in [1.807, 2.05) is 43.3 Å². The molecule has 0 fully saturated rings. The van der Waals surface area contributed by atoms with E-state index < -0.39 is 6.10 Å². The molecule has 1 atom stereocenters. The second-order valence-corrected chi connectivity index (χ2v) is 4.52. The van der Waals surface area contributed by atoms with Gasteiger partial charge in [-0.3, -0.25) is 0 Å². The Labute approximate surface area is 110 Å². The Morgan fingerprint density at radius 2 is 2.05 bits per heavy atom. The second-order valence-electron chi connectivity index (χ2n) is 4.52. The molecule has 3 N–H and O–H groups in total. The number of nitrogens with two attached hydrogens (primary N) is 1. The van der Waals surface area contributed by atoms with E-state index in [-0.39, 0.29) is 0 Å². The average molecular weight is 254 g/mol. The molecule has 4 nitrogen and oxygen atoms in total. The summed E-state index contributed by atoms with van der Waals surface area (Å²) in [5, 5.41) is 11.4. The quantitative estimate of drug-likeness (QED) is 0.737. The van der Waals surface area contributed by atoms with Crippen molar-refractivity contribution in [3.63, 3.8) is 0 Å². The van der Waals surface area contributed by atoms with Crippen LogP contribution in [-0.4, -0.2) is 10.1 Å². The minimum absolute atomic E-state index is 0.327. The van der Waals surface area contributed by atoms with Crippen LogP contribution >= 0.6 is 0 Å². The molecule has 0 spiro atoms. The summed E-state index contributed by atoms with van der Waals surface area (Å²) >= 11 is 0. The third-order valence-electron chi connectivity index (χ3n) is 3.23. The number of aliphatic hydroxyl groups is 1. The predicted octanol–water partition coefficient (Wildman–Crippen LogP) is 2.80. The minimum atomic E-state index is -0.902. The van der Waals surface area contributed by atoms with E-state index in [0.29, 0.717) is 17.1 Å². The predicted molar refractivity (Wildman–Crippen MR) is 73.7 cm³/mol. The molecule has 2 aromatic heterocycles. The van der Waals surface area contributed by atoms with Crippen molar-refractivity contribution in [3.8, 4) is 0 Å². The molecule has 3 aromatic rings. The largest absolute Gasteiger partial charge is 0.458 e. The average Bonchev–Trinajstić information content (AvgIpc) is 2.82. The van der Waals surface area contributed by atoms with Crippen LogP contribution in [0.15, 0.2) is 47.0 Å². The summed E-state index contributed by atoms with van der Waals surface area (Å²) in [5.41, 5.74) is 8.08. The lowest BCUT2D eigenvalue weighted by molar-refractivity contribution is 0.192. The Balaban J connectivity index is 2.10. The highest BCUT2D eigenvalue weighted by Gasteiger charge is 2.20. The molecule has 0 bridgehead atoms. The van der Waals surface area contributed by atoms with Gasteiger partial charge in [0.25, 0.3) is 0 Å². The summed E-state index contributed by atoms with van der Waals surface area (Å²) < 4.78 is 5.66. The molecule has 3 rings (SSSR count). The summed E-state index contributed by atoms with van der Waals surface area (Å²) in [6.45, 7) is 1.89. The van der Waals surface area contributed by atoms with E-state index in [0.717, 1.165) is 16.5 Å². The zero-order valence-electron chi connectivity index (χ0n) is 10.5. The van der Waals surface area contributed by atoms with Crippen LogP contribution in [0.3, 0.4) is 0 Å². The van der Waals surface area contributed by atoms with Crippen molar-refractivity contribution < 1.29 is 9.52 Å². The van der Waals surface area contributed by atoms with Gasteiger partial charge in [-0.1, -0.05) is 18.2 Å². The van der Waals surface area contributed by atoms with Gasteiger partial charge in [0.15, 0.2) is 0 Å². The Morgan fingerprint density at radius 1 is 1.26 bits per heavy atom. The number of fused-ring (bicyclic) bond motifs is 1. The van der Waals surface area contributed by atoms with Crippen molar-refractivity contribution in [3.05, 3.63) is 59.5 Å². The molecule has 1 unspecified atom stereocenters. The molecule has 0 saturated carbocycles. The third-order valence-corrected chi connectivity index (χ3v) is 3.23. The number of hydrogen-bond acceptors (Lipinski definition) is 4. The summed E-state index contributed by atoms with van der Waals surface area (Å²) in [4.78, 5) is 4.02. The van der Waals surface area contributed by atoms with Gasteiger partial charge in [0, 0.05) is 17.1 Å². The molecule has 19 heavy (non-hydrogen) atoms. The summed E-state index contributed by atoms with van der Waals surface area (Å²) in [6, 6.07) is 11.3. The fraction of sp³-hybridized carbons (Fsp3) is 0.133. The molecular formula is C15H14N2O2. The molecule has 4 heteroatoms. The molecule has 2 heterocycles. The van der Waals surface area contributed by atoms with Gasteiger partial charge in [-0.05, 0) is 30.7 Å². The van der Waals surface area contributed by atoms with Gasteiger partial charge in [0.05, 0.1) is 0 Å². The van der Waals surface area contributed by atoms with E-state index in [1.54, 1.807) is 6.20 Å². The summed E-state index contributed by atoms with van der Waals surface area (Å²) in [6.07, 6.45) is 0.723. The molecular weight excluding hydrogens is 240 g/mol. The highest BCUT2D eigenvalue weighted by Crippen LogP contribution is 2.31. The number of nitrogens with zero attached hydrogens (tertiary/aromatic N) is 1. The molecule has 0 aliphatic carbocycles. The maximum absolute atomic E-state index is 10.4. The van der Waals surface area contributed by atoms with Crippen molar-refractivity contribution in [2.24, 2.45) is 0 Å². The molecule has 0 amide bonds. The molecule has 0 radical (unpaired) electrons. The monoisotopic (exact) mass is 254 g/mol. The Hall–Kier alpha value is -2.33. The highest BCUT2D eigenvalue weighted by molar-refractivity contribution is 5.78. The van der Waals surface area contributed by atoms with E-state index in [1.165, 1.54) is 0 Å². The first-order chi connectivity index (χ1) is 9.16. The topological polar surface area (TPSA) is 72.3 Å². The molecule has 0 aliphatic heterocycles. The van der Waals surface area contributed by atoms with E-state index in [9.17, 15) is 5.11 Å². The summed E-state index contributed by atoms with van der Waals surface area (Å²) in [7, 11) is 0. The number of aryl methyl sites for hydroxylation is 1. The second kappa shape index (κ2) is 4.40. The lowest BCUT2D eigenvalue weighted by atomic mass is 10.0. The highest BCUT2D eigenvalue weighted by atomic mass is 16.4. The lowest BCUT2D eigenvalue weighted by Gasteiger charge is -2.12. The third kappa shape index (κ3) is 1.96. The van der Waals surface area contributed by atoms with Crippen LogP contribution in [0.25, 0.3) is 11.0 Å². The fourth-order valence-corrected chi connectivity index (χ4v) is 2.23. The van der Waals surface area contributed by atoms with Crippen molar-refractivity contribution >= 4 is 16.8 Å². The van der Waals surface area contributed by atoms with Crippen LogP contribution in [0.5, 0.6) is 0 Å². The maximum Gasteiger partial charge on any atom is 0.140 e. The number of nitrogen functional groups attached to an aromatic ring is 1. The van der Waals surface area contributed by atoms with Crippen molar-refractivity contribution in [2.75, 3.05) is 5.73 Å². The van der Waals surface area contributed by atoms with Crippen molar-refractivity contribution in [2.45, 2.75) is 13.0 Å². The van der Waals surface area contributed by atoms with E-state index in [2.05, 4.69) is 4.98 Å². The smallest absolute Gasteiger partial charge is 0.140 e. The maximum atomic E-state index is 10.4. The van der Waals surface area contributed by atoms with Gasteiger partial charge in [-0.15, -0.1) is 0 Å². The Kier molecular flexibility index (Phi) is 2.72. The number of hydrogen-bond donors (Lipinski definition) is 2. The number of pyridine rings is 1. The van der Waals surface area contributed by atoms with Crippen LogP contribution in [0, 0.1) is 6.92 Å². The number of anilines is 1. The standard InChI is InChI=1S/C15H14N2O2/c1-9-6-7-17-15(16)13(9)14(18)12-8-10-4-2-3-5-11(10)19-12/h2-8,14,18H,1H3,(H2,16,17). The van der Waals surface area contributed by atoms with Gasteiger partial charge in [-0.2, -0.15) is 0 Å². The SMILES string of the molecule is Cc1ccnc(N)c1C(O)c1cc2ccccc2o1. The number of furan rings is 1. The van der Waals surface area contributed by atoms with Crippen molar-refractivity contribution in [1.29, 1.82) is 0 Å². The molecule has 0 aliphatic rings. The zero-order valence-corrected chi connectivity index (χ0v) is 10.5. The first kappa shape index (κ1) is 11.7. The fourth-order valence-electron chi connectivity index (χ4n) is 2.23. The number of aliphatic hydroxyl groups excluding tert-OH is 1. The normalized spacial score (nSPS) is 12.7. The molecule has 0 saturated heterocycles. The van der Waals surface area contributed by atoms with Crippen LogP contribution < -0.4 is 5.73 Å². The lowest BCUT2D eigenvalue weighted by Crippen LogP contribution is -2.06. The van der Waals surface area contributed by atoms with Gasteiger partial charge >= 0.3 is 0 Å². The van der Waals surface area contributed by atoms with Gasteiger partial charge in [-0.25, -0.2) is 4.98 Å². The zero-order chi connectivity index (χ0) is 13.4. The Bertz CT molecular complexity index is 681. The molecule has 1 aromatic carbocycles. The summed E-state index contributed by atoms with van der Waals surface area (Å²) in [5.74, 6) is 0.803. The molecule has 96 valence electrons. The van der Waals surface area contributed by atoms with Crippen LogP contribution in [0.4, 0.5) is 5.82 Å². The van der Waals surface area contributed by atoms with Crippen LogP contribution in [0.1, 0.15) is 23.0 Å². The first-order valence-electron chi connectivity index (χ1n) is 6.04. The first-order valence-corrected chi connectivity index (χ1v) is 6.04. The number of para-hydroxylation sites is 1. The van der Waals surface area contributed by atoms with Gasteiger partial charge < -0.3 is 15.3 Å². The van der Waals surface area contributed by atoms with Gasteiger partial charge in [0.1, 0.15) is 23.3 Å². The van der Waals surface area contributed by atoms with Crippen LogP contribution in [-0.2, 0) is 0 Å². The Morgan fingerprint density at radius 3 is 2.79 bits per heavy atom. The van der Waals surface area contributed by atoms with Crippen molar-refractivity contribution in [1.82, 2.24) is 4.98 Å². The van der Waals surface area contributed by atoms with E-state index >= 15 is 0 Å². The minimum Gasteiger partial charge on any atom is -0.458 e. The number of benzene rings is 1. The van der Waals surface area contributed by atoms with Gasteiger partial charge in [0.2, 0.25) is 0 Å².